The molecule has 0 bridgehead atoms. The third-order valence-corrected chi connectivity index (χ3v) is 3.60. The fraction of sp³-hybridized carbons (Fsp3) is 0. The summed E-state index contributed by atoms with van der Waals surface area (Å²) in [5.74, 6) is 0.663. The molecule has 126 valence electrons. The second-order valence-corrected chi connectivity index (χ2v) is 5.25. The molecule has 2 aromatic carbocycles. The van der Waals surface area contributed by atoms with Crippen molar-refractivity contribution in [2.75, 3.05) is 0 Å². The molecule has 0 amide bonds. The van der Waals surface area contributed by atoms with Gasteiger partial charge in [-0.25, -0.2) is 9.97 Å². The first kappa shape index (κ1) is 18.1. The summed E-state index contributed by atoms with van der Waals surface area (Å²) in [6, 6.07) is 16.4. The summed E-state index contributed by atoms with van der Waals surface area (Å²) in [5, 5.41) is 14.9. The first-order valence-corrected chi connectivity index (χ1v) is 7.27. The van der Waals surface area contributed by atoms with Crippen molar-refractivity contribution in [3.05, 3.63) is 71.9 Å². The van der Waals surface area contributed by atoms with E-state index in [1.54, 1.807) is 30.5 Å². The van der Waals surface area contributed by atoms with Gasteiger partial charge >= 0.3 is 0 Å². The van der Waals surface area contributed by atoms with E-state index >= 15 is 0 Å². The first-order valence-electron chi connectivity index (χ1n) is 7.27. The summed E-state index contributed by atoms with van der Waals surface area (Å²) in [6.45, 7) is 0. The molecule has 0 spiro atoms. The van der Waals surface area contributed by atoms with E-state index in [0.717, 1.165) is 16.8 Å². The van der Waals surface area contributed by atoms with E-state index in [4.69, 9.17) is 22.3 Å². The number of hydrogen-bond donors (Lipinski definition) is 4. The molecule has 1 heterocycles. The quantitative estimate of drug-likeness (QED) is 0.425. The maximum absolute atomic E-state index is 7.43. The highest BCUT2D eigenvalue weighted by Gasteiger charge is 2.06. The third kappa shape index (κ3) is 3.99. The molecule has 1 aromatic heterocycles. The molecule has 0 atom stereocenters. The van der Waals surface area contributed by atoms with Crippen LogP contribution in [0.3, 0.4) is 0 Å². The number of nitrogens with two attached hydrogens (primary N) is 2. The van der Waals surface area contributed by atoms with Crippen LogP contribution in [0, 0.1) is 10.8 Å². The molecule has 3 rings (SSSR count). The molecule has 7 heteroatoms. The number of nitrogen functional groups attached to an aromatic ring is 2. The van der Waals surface area contributed by atoms with Crippen LogP contribution < -0.4 is 11.5 Å². The maximum atomic E-state index is 7.43. The minimum Gasteiger partial charge on any atom is -0.384 e. The van der Waals surface area contributed by atoms with Crippen molar-refractivity contribution < 1.29 is 0 Å². The Balaban J connectivity index is 0.00000225. The molecule has 0 radical (unpaired) electrons. The minimum atomic E-state index is 0. The zero-order chi connectivity index (χ0) is 17.1. The van der Waals surface area contributed by atoms with E-state index in [9.17, 15) is 0 Å². The van der Waals surface area contributed by atoms with Crippen molar-refractivity contribution in [2.24, 2.45) is 11.5 Å². The summed E-state index contributed by atoms with van der Waals surface area (Å²) in [4.78, 5) is 8.89. The lowest BCUT2D eigenvalue weighted by Crippen LogP contribution is -2.10. The van der Waals surface area contributed by atoms with Crippen LogP contribution in [0.25, 0.3) is 22.6 Å². The number of nitrogens with zero attached hydrogens (tertiary/aromatic N) is 2. The fourth-order valence-corrected chi connectivity index (χ4v) is 2.28. The highest BCUT2D eigenvalue weighted by atomic mass is 35.5. The number of aromatic nitrogens is 2. The van der Waals surface area contributed by atoms with Crippen molar-refractivity contribution in [2.45, 2.75) is 0 Å². The number of benzene rings is 2. The lowest BCUT2D eigenvalue weighted by molar-refractivity contribution is 1.18. The van der Waals surface area contributed by atoms with Gasteiger partial charge in [0.2, 0.25) is 0 Å². The minimum absolute atomic E-state index is 0. The van der Waals surface area contributed by atoms with Crippen LogP contribution in [-0.4, -0.2) is 21.6 Å². The van der Waals surface area contributed by atoms with E-state index in [0.29, 0.717) is 17.0 Å². The zero-order valence-corrected chi connectivity index (χ0v) is 14.0. The van der Waals surface area contributed by atoms with Crippen LogP contribution >= 0.6 is 12.4 Å². The third-order valence-electron chi connectivity index (χ3n) is 3.60. The first-order chi connectivity index (χ1) is 11.5. The monoisotopic (exact) mass is 352 g/mol. The van der Waals surface area contributed by atoms with Gasteiger partial charge < -0.3 is 11.5 Å². The van der Waals surface area contributed by atoms with Crippen molar-refractivity contribution in [1.82, 2.24) is 9.97 Å². The average molecular weight is 353 g/mol. The van der Waals surface area contributed by atoms with Crippen molar-refractivity contribution in [1.29, 1.82) is 10.8 Å². The lowest BCUT2D eigenvalue weighted by Gasteiger charge is -2.06. The molecule has 25 heavy (non-hydrogen) atoms. The molecule has 0 fully saturated rings. The molecule has 6 N–H and O–H groups in total. The van der Waals surface area contributed by atoms with Gasteiger partial charge in [-0.05, 0) is 6.07 Å². The molecule has 0 saturated heterocycles. The Morgan fingerprint density at radius 2 is 1.20 bits per heavy atom. The SMILES string of the molecule is Cl.N=C(N)c1ccc(-c2ccnc(-c3ccc(C(=N)N)cc3)n2)cc1. The zero-order valence-electron chi connectivity index (χ0n) is 13.2. The molecule has 3 aromatic rings. The van der Waals surface area contributed by atoms with Gasteiger partial charge in [0.1, 0.15) is 11.7 Å². The van der Waals surface area contributed by atoms with Crippen LogP contribution in [0.4, 0.5) is 0 Å². The normalized spacial score (nSPS) is 9.92. The summed E-state index contributed by atoms with van der Waals surface area (Å²) in [7, 11) is 0. The van der Waals surface area contributed by atoms with E-state index in [2.05, 4.69) is 9.97 Å². The fourth-order valence-electron chi connectivity index (χ4n) is 2.28. The van der Waals surface area contributed by atoms with E-state index < -0.39 is 0 Å². The van der Waals surface area contributed by atoms with Crippen molar-refractivity contribution in [3.8, 4) is 22.6 Å². The van der Waals surface area contributed by atoms with Gasteiger partial charge in [0.05, 0.1) is 5.69 Å². The van der Waals surface area contributed by atoms with Gasteiger partial charge in [-0.2, -0.15) is 0 Å². The number of nitrogens with one attached hydrogen (secondary N) is 2. The van der Waals surface area contributed by atoms with Crippen molar-refractivity contribution in [3.63, 3.8) is 0 Å². The molecular weight excluding hydrogens is 336 g/mol. The van der Waals surface area contributed by atoms with Crippen molar-refractivity contribution >= 4 is 24.1 Å². The molecule has 0 unspecified atom stereocenters. The largest absolute Gasteiger partial charge is 0.384 e. The van der Waals surface area contributed by atoms with Crippen LogP contribution in [0.1, 0.15) is 11.1 Å². The Bertz CT molecular complexity index is 831. The van der Waals surface area contributed by atoms with E-state index in [-0.39, 0.29) is 24.1 Å². The van der Waals surface area contributed by atoms with E-state index in [1.807, 2.05) is 30.3 Å². The van der Waals surface area contributed by atoms with Gasteiger partial charge in [-0.15, -0.1) is 12.4 Å². The molecule has 6 nitrogen and oxygen atoms in total. The Hall–Kier alpha value is -3.25. The topological polar surface area (TPSA) is 126 Å². The Kier molecular flexibility index (Phi) is 5.46. The highest BCUT2D eigenvalue weighted by molar-refractivity contribution is 5.95. The average Bonchev–Trinajstić information content (AvgIpc) is 2.62. The van der Waals surface area contributed by atoms with Crippen LogP contribution in [0.5, 0.6) is 0 Å². The smallest absolute Gasteiger partial charge is 0.159 e. The predicted molar refractivity (Wildman–Crippen MR) is 102 cm³/mol. The van der Waals surface area contributed by atoms with Gasteiger partial charge in [0.15, 0.2) is 5.82 Å². The second kappa shape index (κ2) is 7.55. The van der Waals surface area contributed by atoms with Gasteiger partial charge in [-0.3, -0.25) is 10.8 Å². The Morgan fingerprint density at radius 1 is 0.720 bits per heavy atom. The lowest BCUT2D eigenvalue weighted by atomic mass is 10.1. The summed E-state index contributed by atoms with van der Waals surface area (Å²) in [6.07, 6.45) is 1.70. The molecule has 0 aliphatic rings. The molecule has 0 aliphatic heterocycles. The predicted octanol–water partition coefficient (Wildman–Crippen LogP) is 2.80. The maximum Gasteiger partial charge on any atom is 0.159 e. The summed E-state index contributed by atoms with van der Waals surface area (Å²) >= 11 is 0. The Labute approximate surface area is 151 Å². The highest BCUT2D eigenvalue weighted by Crippen LogP contribution is 2.21. The molecule has 0 saturated carbocycles. The van der Waals surface area contributed by atoms with Gasteiger partial charge in [-0.1, -0.05) is 48.5 Å². The molecule has 0 aliphatic carbocycles. The summed E-state index contributed by atoms with van der Waals surface area (Å²) < 4.78 is 0. The number of rotatable bonds is 4. The number of hydrogen-bond acceptors (Lipinski definition) is 4. The number of amidine groups is 2. The van der Waals surface area contributed by atoms with Crippen LogP contribution in [-0.2, 0) is 0 Å². The van der Waals surface area contributed by atoms with Crippen LogP contribution in [0.15, 0.2) is 60.8 Å². The van der Waals surface area contributed by atoms with Gasteiger partial charge in [0.25, 0.3) is 0 Å². The second-order valence-electron chi connectivity index (χ2n) is 5.25. The standard InChI is InChI=1S/C18H16N6.ClH/c19-16(20)12-3-1-11(2-4-12)15-9-10-23-18(24-15)14-7-5-13(6-8-14)17(21)22;/h1-10H,(H3,19,20)(H3,21,22);1H. The summed E-state index contributed by atoms with van der Waals surface area (Å²) in [5.41, 5.74) is 14.8. The van der Waals surface area contributed by atoms with E-state index in [1.165, 1.54) is 0 Å². The molecular formula is C18H17ClN6. The Morgan fingerprint density at radius 3 is 1.68 bits per heavy atom. The van der Waals surface area contributed by atoms with Gasteiger partial charge in [0, 0.05) is 28.5 Å². The van der Waals surface area contributed by atoms with Crippen LogP contribution in [0.2, 0.25) is 0 Å². The number of halogens is 1.